The van der Waals surface area contributed by atoms with Gasteiger partial charge in [0.25, 0.3) is 5.91 Å². The van der Waals surface area contributed by atoms with Gasteiger partial charge in [0.1, 0.15) is 5.75 Å². The number of amides is 1. The lowest BCUT2D eigenvalue weighted by atomic mass is 10.2. The van der Waals surface area contributed by atoms with E-state index in [1.807, 2.05) is 48.2 Å². The Labute approximate surface area is 166 Å². The van der Waals surface area contributed by atoms with Crippen molar-refractivity contribution in [1.29, 1.82) is 0 Å². The summed E-state index contributed by atoms with van der Waals surface area (Å²) >= 11 is 1.38. The topological polar surface area (TPSA) is 94.0 Å². The Kier molecular flexibility index (Phi) is 5.36. The van der Waals surface area contributed by atoms with Crippen LogP contribution in [0.3, 0.4) is 0 Å². The number of hydrogen-bond acceptors (Lipinski definition) is 7. The molecule has 2 N–H and O–H groups in total. The second-order valence-corrected chi connectivity index (χ2v) is 7.42. The predicted molar refractivity (Wildman–Crippen MR) is 108 cm³/mol. The van der Waals surface area contributed by atoms with Gasteiger partial charge in [-0.05, 0) is 51.1 Å². The maximum atomic E-state index is 12.6. The number of anilines is 1. The number of carbonyl (C=O) groups is 1. The molecule has 1 atom stereocenters. The molecule has 3 aromatic rings. The van der Waals surface area contributed by atoms with E-state index in [9.17, 15) is 4.79 Å². The maximum absolute atomic E-state index is 12.6. The summed E-state index contributed by atoms with van der Waals surface area (Å²) in [4.78, 5) is 17.1. The van der Waals surface area contributed by atoms with Gasteiger partial charge in [0.05, 0.1) is 24.0 Å². The minimum Gasteiger partial charge on any atom is -0.494 e. The van der Waals surface area contributed by atoms with E-state index in [4.69, 9.17) is 4.74 Å². The quantitative estimate of drug-likeness (QED) is 0.663. The average Bonchev–Trinajstić information content (AvgIpc) is 3.43. The largest absolute Gasteiger partial charge is 0.494 e. The van der Waals surface area contributed by atoms with Crippen molar-refractivity contribution in [2.45, 2.75) is 26.3 Å². The fourth-order valence-electron chi connectivity index (χ4n) is 3.25. The van der Waals surface area contributed by atoms with Crippen LogP contribution in [0.1, 0.15) is 35.6 Å². The van der Waals surface area contributed by atoms with Crippen LogP contribution in [-0.2, 0) is 0 Å². The molecule has 0 bridgehead atoms. The molecule has 0 aliphatic carbocycles. The Morgan fingerprint density at radius 1 is 1.39 bits per heavy atom. The first-order chi connectivity index (χ1) is 13.7. The van der Waals surface area contributed by atoms with Crippen molar-refractivity contribution in [2.75, 3.05) is 25.0 Å². The molecule has 1 aliphatic heterocycles. The van der Waals surface area contributed by atoms with Crippen molar-refractivity contribution in [3.8, 4) is 17.0 Å². The zero-order chi connectivity index (χ0) is 19.5. The molecular formula is C19H22N6O2S. The molecule has 1 fully saturated rings. The molecule has 1 amide bonds. The highest BCUT2D eigenvalue weighted by atomic mass is 32.1. The van der Waals surface area contributed by atoms with E-state index in [1.54, 1.807) is 0 Å². The molecule has 0 saturated carbocycles. The van der Waals surface area contributed by atoms with E-state index in [1.165, 1.54) is 11.3 Å². The van der Waals surface area contributed by atoms with Gasteiger partial charge in [-0.15, -0.1) is 16.4 Å². The van der Waals surface area contributed by atoms with Gasteiger partial charge in [-0.1, -0.05) is 5.21 Å². The van der Waals surface area contributed by atoms with Crippen molar-refractivity contribution in [1.82, 2.24) is 25.3 Å². The number of nitrogens with one attached hydrogen (secondary N) is 2. The first-order valence-corrected chi connectivity index (χ1v) is 10.2. The van der Waals surface area contributed by atoms with Crippen LogP contribution in [0.25, 0.3) is 11.3 Å². The molecule has 1 aromatic carbocycles. The molecule has 1 saturated heterocycles. The maximum Gasteiger partial charge on any atom is 0.279 e. The second kappa shape index (κ2) is 8.07. The number of carbonyl (C=O) groups excluding carboxylic acids is 1. The molecule has 2 aromatic heterocycles. The summed E-state index contributed by atoms with van der Waals surface area (Å²) in [5, 5.41) is 16.8. The number of benzene rings is 1. The normalized spacial score (nSPS) is 16.3. The van der Waals surface area contributed by atoms with Crippen molar-refractivity contribution in [3.05, 3.63) is 41.0 Å². The highest BCUT2D eigenvalue weighted by Gasteiger charge is 2.24. The van der Waals surface area contributed by atoms with Gasteiger partial charge < -0.3 is 10.1 Å². The van der Waals surface area contributed by atoms with Crippen molar-refractivity contribution in [3.63, 3.8) is 0 Å². The lowest BCUT2D eigenvalue weighted by Gasteiger charge is -2.10. The number of thiazole rings is 1. The third-order valence-electron chi connectivity index (χ3n) is 4.71. The molecule has 8 nitrogen and oxygen atoms in total. The second-order valence-electron chi connectivity index (χ2n) is 6.56. The summed E-state index contributed by atoms with van der Waals surface area (Å²) in [5.74, 6) is 0.535. The predicted octanol–water partition coefficient (Wildman–Crippen LogP) is 2.90. The summed E-state index contributed by atoms with van der Waals surface area (Å²) in [5.41, 5.74) is 2.89. The third-order valence-corrected chi connectivity index (χ3v) is 5.47. The van der Waals surface area contributed by atoms with Gasteiger partial charge in [-0.3, -0.25) is 10.1 Å². The molecule has 146 valence electrons. The average molecular weight is 398 g/mol. The number of ether oxygens (including phenoxy) is 1. The lowest BCUT2D eigenvalue weighted by Crippen LogP contribution is -2.17. The Hall–Kier alpha value is -2.78. The molecule has 4 rings (SSSR count). The highest BCUT2D eigenvalue weighted by molar-refractivity contribution is 7.14. The van der Waals surface area contributed by atoms with Gasteiger partial charge in [0.15, 0.2) is 10.8 Å². The Balaban J connectivity index is 1.46. The van der Waals surface area contributed by atoms with E-state index in [2.05, 4.69) is 25.9 Å². The molecule has 28 heavy (non-hydrogen) atoms. The van der Waals surface area contributed by atoms with Crippen molar-refractivity contribution in [2.24, 2.45) is 0 Å². The first-order valence-electron chi connectivity index (χ1n) is 9.28. The zero-order valence-electron chi connectivity index (χ0n) is 15.8. The summed E-state index contributed by atoms with van der Waals surface area (Å²) < 4.78 is 7.30. The fourth-order valence-corrected chi connectivity index (χ4v) is 3.97. The van der Waals surface area contributed by atoms with Crippen molar-refractivity contribution >= 4 is 22.4 Å². The Bertz CT molecular complexity index is 959. The number of rotatable bonds is 6. The fraction of sp³-hybridized carbons (Fsp3) is 0.368. The minimum atomic E-state index is -0.290. The van der Waals surface area contributed by atoms with E-state index >= 15 is 0 Å². The summed E-state index contributed by atoms with van der Waals surface area (Å²) in [6, 6.07) is 7.99. The Morgan fingerprint density at radius 3 is 2.93 bits per heavy atom. The van der Waals surface area contributed by atoms with E-state index in [0.29, 0.717) is 17.4 Å². The van der Waals surface area contributed by atoms with Crippen LogP contribution < -0.4 is 15.4 Å². The summed E-state index contributed by atoms with van der Waals surface area (Å²) in [7, 11) is 0. The first kappa shape index (κ1) is 18.6. The number of aromatic nitrogens is 4. The smallest absolute Gasteiger partial charge is 0.279 e. The molecule has 0 spiro atoms. The molecule has 9 heteroatoms. The van der Waals surface area contributed by atoms with Crippen LogP contribution in [0.4, 0.5) is 5.13 Å². The van der Waals surface area contributed by atoms with Gasteiger partial charge in [0.2, 0.25) is 0 Å². The third kappa shape index (κ3) is 3.76. The van der Waals surface area contributed by atoms with E-state index < -0.39 is 0 Å². The van der Waals surface area contributed by atoms with Crippen molar-refractivity contribution < 1.29 is 9.53 Å². The van der Waals surface area contributed by atoms with Crippen LogP contribution in [0, 0.1) is 6.92 Å². The van der Waals surface area contributed by atoms with Gasteiger partial charge in [0, 0.05) is 17.5 Å². The molecule has 1 aliphatic rings. The minimum absolute atomic E-state index is 0.250. The van der Waals surface area contributed by atoms with Crippen LogP contribution in [-0.4, -0.2) is 45.6 Å². The van der Waals surface area contributed by atoms with Crippen LogP contribution in [0.5, 0.6) is 5.75 Å². The summed E-state index contributed by atoms with van der Waals surface area (Å²) in [6.07, 6.45) is 0.989. The number of hydrogen-bond donors (Lipinski definition) is 2. The van der Waals surface area contributed by atoms with Crippen LogP contribution in [0.15, 0.2) is 29.6 Å². The standard InChI is InChI=1S/C19H22N6O2S/c1-3-27-15-6-4-13(5-7-15)16-11-28-19(21-16)22-18(26)17-12(2)25(24-23-17)14-8-9-20-10-14/h4-7,11,14,20H,3,8-10H2,1-2H3,(H,21,22,26). The number of nitrogens with zero attached hydrogens (tertiary/aromatic N) is 4. The highest BCUT2D eigenvalue weighted by Crippen LogP contribution is 2.27. The molecule has 1 unspecified atom stereocenters. The molecule has 0 radical (unpaired) electrons. The zero-order valence-corrected chi connectivity index (χ0v) is 16.6. The van der Waals surface area contributed by atoms with Crippen LogP contribution >= 0.6 is 11.3 Å². The van der Waals surface area contributed by atoms with E-state index in [-0.39, 0.29) is 11.9 Å². The van der Waals surface area contributed by atoms with Gasteiger partial charge in [-0.2, -0.15) is 0 Å². The van der Waals surface area contributed by atoms with Crippen LogP contribution in [0.2, 0.25) is 0 Å². The Morgan fingerprint density at radius 2 is 2.21 bits per heavy atom. The summed E-state index contributed by atoms with van der Waals surface area (Å²) in [6.45, 7) is 6.27. The molecule has 3 heterocycles. The van der Waals surface area contributed by atoms with Gasteiger partial charge in [-0.25, -0.2) is 9.67 Å². The molecular weight excluding hydrogens is 376 g/mol. The monoisotopic (exact) mass is 398 g/mol. The SMILES string of the molecule is CCOc1ccc(-c2csc(NC(=O)c3nnn(C4CCNC4)c3C)n2)cc1. The van der Waals surface area contributed by atoms with Gasteiger partial charge >= 0.3 is 0 Å². The lowest BCUT2D eigenvalue weighted by molar-refractivity contribution is 0.102. The van der Waals surface area contributed by atoms with E-state index in [0.717, 1.165) is 42.2 Å².